The maximum Gasteiger partial charge on any atom is 0.393 e. The van der Waals surface area contributed by atoms with E-state index in [0.29, 0.717) is 34.7 Å². The van der Waals surface area contributed by atoms with Gasteiger partial charge in [0.2, 0.25) is 0 Å². The molecule has 0 amide bonds. The number of hydrogen-bond donors (Lipinski definition) is 2. The Kier molecular flexibility index (Phi) is 9.64. The maximum absolute atomic E-state index is 12.9. The molecular weight excluding hydrogens is 636 g/mol. The van der Waals surface area contributed by atoms with Crippen LogP contribution in [0.1, 0.15) is 51.7 Å². The number of rotatable bonds is 11. The van der Waals surface area contributed by atoms with E-state index >= 15 is 0 Å². The average Bonchev–Trinajstić information content (AvgIpc) is 3.64. The van der Waals surface area contributed by atoms with Crippen molar-refractivity contribution in [1.82, 2.24) is 19.4 Å². The van der Waals surface area contributed by atoms with E-state index in [9.17, 15) is 23.2 Å². The number of carbonyl (C=O) groups excluding carboxylic acids is 1. The molecule has 3 aromatic heterocycles. The van der Waals surface area contributed by atoms with Crippen molar-refractivity contribution < 1.29 is 18.0 Å². The van der Waals surface area contributed by atoms with Crippen LogP contribution in [-0.2, 0) is 30.7 Å². The lowest BCUT2D eigenvalue weighted by atomic mass is 10.0. The van der Waals surface area contributed by atoms with Gasteiger partial charge in [0.15, 0.2) is 5.78 Å². The van der Waals surface area contributed by atoms with Gasteiger partial charge in [-0.3, -0.25) is 9.69 Å². The number of benzene rings is 2. The molecular formula is C36H36F3N7OS. The summed E-state index contributed by atoms with van der Waals surface area (Å²) in [4.78, 5) is 23.4. The van der Waals surface area contributed by atoms with Crippen LogP contribution in [0.25, 0.3) is 21.1 Å². The highest BCUT2D eigenvalue weighted by Gasteiger charge is 2.29. The van der Waals surface area contributed by atoms with Crippen molar-refractivity contribution in [2.75, 3.05) is 18.4 Å². The topological polar surface area (TPSA) is 113 Å². The molecule has 4 heterocycles. The highest BCUT2D eigenvalue weighted by Crippen LogP contribution is 2.34. The number of halogens is 3. The number of fused-ring (bicyclic) bond motifs is 2. The monoisotopic (exact) mass is 671 g/mol. The van der Waals surface area contributed by atoms with E-state index < -0.39 is 12.6 Å². The number of piperidine rings is 1. The molecule has 1 saturated heterocycles. The van der Waals surface area contributed by atoms with E-state index in [1.807, 2.05) is 34.9 Å². The predicted molar refractivity (Wildman–Crippen MR) is 183 cm³/mol. The van der Waals surface area contributed by atoms with E-state index in [2.05, 4.69) is 51.9 Å². The number of thiophene rings is 1. The molecule has 0 spiro atoms. The van der Waals surface area contributed by atoms with Crippen LogP contribution >= 0.6 is 11.3 Å². The zero-order valence-corrected chi connectivity index (χ0v) is 27.4. The third-order valence-corrected chi connectivity index (χ3v) is 10.1. The number of hydrogen-bond acceptors (Lipinski definition) is 8. The Bertz CT molecular complexity index is 2000. The Hall–Kier alpha value is -4.57. The first-order valence-electron chi connectivity index (χ1n) is 15.8. The summed E-state index contributed by atoms with van der Waals surface area (Å²) in [6.45, 7) is 8.53. The molecule has 1 atom stereocenters. The van der Waals surface area contributed by atoms with Crippen LogP contribution in [0.4, 0.5) is 19.0 Å². The number of carbonyl (C=O) groups is 1. The third-order valence-electron chi connectivity index (χ3n) is 9.05. The molecule has 48 heavy (non-hydrogen) atoms. The Morgan fingerprint density at radius 2 is 1.92 bits per heavy atom. The van der Waals surface area contributed by atoms with Gasteiger partial charge in [0.05, 0.1) is 11.8 Å². The summed E-state index contributed by atoms with van der Waals surface area (Å²) < 4.78 is 40.8. The molecule has 1 aliphatic rings. The van der Waals surface area contributed by atoms with Crippen molar-refractivity contribution in [2.45, 2.75) is 64.0 Å². The van der Waals surface area contributed by atoms with Crippen LogP contribution in [0.2, 0.25) is 0 Å². The van der Waals surface area contributed by atoms with Gasteiger partial charge in [0.25, 0.3) is 0 Å². The Labute approximate surface area is 280 Å². The van der Waals surface area contributed by atoms with Crippen LogP contribution in [0.15, 0.2) is 67.5 Å². The van der Waals surface area contributed by atoms with Gasteiger partial charge in [-0.15, -0.1) is 11.3 Å². The normalized spacial score (nSPS) is 15.1. The largest absolute Gasteiger partial charge is 0.393 e. The van der Waals surface area contributed by atoms with Crippen molar-refractivity contribution >= 4 is 44.1 Å². The van der Waals surface area contributed by atoms with E-state index in [1.54, 1.807) is 6.07 Å². The van der Waals surface area contributed by atoms with Crippen LogP contribution in [0.3, 0.4) is 0 Å². The Morgan fingerprint density at radius 3 is 2.60 bits per heavy atom. The fraction of sp³-hybridized carbons (Fsp3) is 0.333. The minimum Gasteiger partial charge on any atom is -0.367 e. The predicted octanol–water partition coefficient (Wildman–Crippen LogP) is 7.01. The lowest BCUT2D eigenvalue weighted by molar-refractivity contribution is -0.126. The molecule has 5 aromatic rings. The fourth-order valence-electron chi connectivity index (χ4n) is 6.41. The second kappa shape index (κ2) is 13.9. The van der Waals surface area contributed by atoms with Crippen molar-refractivity contribution in [1.29, 1.82) is 5.26 Å². The number of alkyl halides is 3. The van der Waals surface area contributed by atoms with E-state index in [4.69, 9.17) is 5.73 Å². The minimum atomic E-state index is -4.27. The highest BCUT2D eigenvalue weighted by atomic mass is 32.1. The van der Waals surface area contributed by atoms with E-state index in [-0.39, 0.29) is 22.7 Å². The standard InChI is InChI=1S/C36H36F3N7OS/c1-3-28(47)14-23-4-6-24(7-5-23)32(41)20-46-27(18-40)15-30-22(2)25(8-9-33(30)46)19-45-12-10-26(11-13-45)44-34-31-16-29(17-36(37,38)39)48-35(31)43-21-42-34/h3-9,15-16,21,26,32H,1,10-14,17,19-20,41H2,2H3,(H,42,43,44). The molecule has 3 N–H and O–H groups in total. The summed E-state index contributed by atoms with van der Waals surface area (Å²) >= 11 is 1.06. The molecule has 2 aromatic carbocycles. The van der Waals surface area contributed by atoms with Crippen molar-refractivity contribution in [3.63, 3.8) is 0 Å². The van der Waals surface area contributed by atoms with Gasteiger partial charge >= 0.3 is 6.18 Å². The summed E-state index contributed by atoms with van der Waals surface area (Å²) in [7, 11) is 0. The SMILES string of the molecule is C=CC(=O)Cc1ccc(C(N)Cn2c(C#N)cc3c(C)c(CN4CCC(Nc5ncnc6sc(CC(F)(F)F)cc56)CC4)ccc32)cc1. The zero-order chi connectivity index (χ0) is 34.0. The van der Waals surface area contributed by atoms with Gasteiger partial charge in [-0.1, -0.05) is 36.9 Å². The first-order chi connectivity index (χ1) is 23.0. The molecule has 0 radical (unpaired) electrons. The zero-order valence-electron chi connectivity index (χ0n) is 26.6. The van der Waals surface area contributed by atoms with Gasteiger partial charge in [-0.25, -0.2) is 9.97 Å². The first kappa shape index (κ1) is 33.3. The van der Waals surface area contributed by atoms with E-state index in [0.717, 1.165) is 71.4 Å². The summed E-state index contributed by atoms with van der Waals surface area (Å²) in [6.07, 6.45) is -0.479. The Morgan fingerprint density at radius 1 is 1.17 bits per heavy atom. The van der Waals surface area contributed by atoms with Crippen molar-refractivity contribution in [2.24, 2.45) is 5.73 Å². The molecule has 1 aliphatic heterocycles. The summed E-state index contributed by atoms with van der Waals surface area (Å²) in [6, 6.07) is 17.5. The van der Waals surface area contributed by atoms with Gasteiger partial charge < -0.3 is 15.6 Å². The summed E-state index contributed by atoms with van der Waals surface area (Å²) in [5.41, 5.74) is 12.3. The molecule has 0 bridgehead atoms. The fourth-order valence-corrected chi connectivity index (χ4v) is 7.44. The van der Waals surface area contributed by atoms with E-state index in [1.165, 1.54) is 18.0 Å². The smallest absolute Gasteiger partial charge is 0.367 e. The third kappa shape index (κ3) is 7.44. The molecule has 0 aliphatic carbocycles. The lowest BCUT2D eigenvalue weighted by Gasteiger charge is -2.33. The minimum absolute atomic E-state index is 0.0366. The molecule has 248 valence electrons. The molecule has 12 heteroatoms. The quantitative estimate of drug-likeness (QED) is 0.145. The molecule has 8 nitrogen and oxygen atoms in total. The van der Waals surface area contributed by atoms with Crippen LogP contribution in [0.5, 0.6) is 0 Å². The second-order valence-electron chi connectivity index (χ2n) is 12.4. The molecule has 0 saturated carbocycles. The lowest BCUT2D eigenvalue weighted by Crippen LogP contribution is -2.39. The number of nitrogens with two attached hydrogens (primary N) is 1. The number of anilines is 1. The second-order valence-corrected chi connectivity index (χ2v) is 13.5. The van der Waals surface area contributed by atoms with Gasteiger partial charge in [-0.2, -0.15) is 18.4 Å². The average molecular weight is 672 g/mol. The molecule has 1 fully saturated rings. The van der Waals surface area contributed by atoms with Gasteiger partial charge in [-0.05, 0) is 66.3 Å². The number of aromatic nitrogens is 3. The number of nitrogens with one attached hydrogen (secondary N) is 1. The van der Waals surface area contributed by atoms with Crippen LogP contribution < -0.4 is 11.1 Å². The van der Waals surface area contributed by atoms with Crippen LogP contribution in [0, 0.1) is 18.3 Å². The van der Waals surface area contributed by atoms with Crippen molar-refractivity contribution in [3.8, 4) is 6.07 Å². The number of nitrogens with zero attached hydrogens (tertiary/aromatic N) is 5. The summed E-state index contributed by atoms with van der Waals surface area (Å²) in [5, 5.41) is 15.1. The van der Waals surface area contributed by atoms with Crippen molar-refractivity contribution in [3.05, 3.63) is 100 Å². The summed E-state index contributed by atoms with van der Waals surface area (Å²) in [5.74, 6) is 0.546. The Balaban J connectivity index is 1.10. The number of aryl methyl sites for hydroxylation is 1. The highest BCUT2D eigenvalue weighted by molar-refractivity contribution is 7.18. The van der Waals surface area contributed by atoms with Gasteiger partial charge in [0, 0.05) is 60.5 Å². The molecule has 1 unspecified atom stereocenters. The molecule has 6 rings (SSSR count). The first-order valence-corrected chi connectivity index (χ1v) is 16.6. The maximum atomic E-state index is 12.9. The van der Waals surface area contributed by atoms with Crippen LogP contribution in [-0.4, -0.2) is 50.5 Å². The number of ketones is 1. The number of nitriles is 1. The number of allylic oxidation sites excluding steroid dienone is 1. The number of likely N-dealkylation sites (tertiary alicyclic amines) is 1. The van der Waals surface area contributed by atoms with Gasteiger partial charge in [0.1, 0.15) is 28.7 Å².